The minimum atomic E-state index is -0.0556. The third kappa shape index (κ3) is 8.01. The molecule has 1 atom stereocenters. The Bertz CT molecular complexity index is 81.7. The lowest BCUT2D eigenvalue weighted by Gasteiger charge is -1.73. The van der Waals surface area contributed by atoms with Crippen LogP contribution < -0.4 is 0 Å². The second kappa shape index (κ2) is 7.12. The summed E-state index contributed by atoms with van der Waals surface area (Å²) in [5.74, 6) is 1.14. The Morgan fingerprint density at radius 3 is 2.50 bits per heavy atom. The third-order valence-electron chi connectivity index (χ3n) is 0.873. The van der Waals surface area contributed by atoms with Gasteiger partial charge in [-0.15, -0.1) is 11.8 Å². The topological polar surface area (TPSA) is 32.4 Å². The molecule has 1 radical (unpaired) electrons. The summed E-state index contributed by atoms with van der Waals surface area (Å²) in [7, 11) is 0. The fraction of sp³-hybridized carbons (Fsp3) is 0.714. The van der Waals surface area contributed by atoms with Gasteiger partial charge in [-0.1, -0.05) is 13.5 Å². The summed E-state index contributed by atoms with van der Waals surface area (Å²) in [4.78, 5) is 0. The van der Waals surface area contributed by atoms with Crippen LogP contribution in [0.2, 0.25) is 0 Å². The van der Waals surface area contributed by atoms with Gasteiger partial charge in [0, 0.05) is 0 Å². The first kappa shape index (κ1) is 10.0. The molecular formula is C7H13O2S. The number of hydrogen-bond acceptors (Lipinski definition) is 2. The van der Waals surface area contributed by atoms with Crippen LogP contribution in [-0.2, 0) is 9.84 Å². The predicted octanol–water partition coefficient (Wildman–Crippen LogP) is 1.70. The van der Waals surface area contributed by atoms with Gasteiger partial charge in [0.25, 0.3) is 0 Å². The first-order valence-electron chi connectivity index (χ1n) is 3.27. The second-order valence-electron chi connectivity index (χ2n) is 1.74. The molecular weight excluding hydrogens is 148 g/mol. The molecule has 10 heavy (non-hydrogen) atoms. The molecule has 1 aliphatic heterocycles. The van der Waals surface area contributed by atoms with Gasteiger partial charge in [0.15, 0.2) is 0 Å². The van der Waals surface area contributed by atoms with E-state index in [9.17, 15) is 5.11 Å². The van der Waals surface area contributed by atoms with Crippen LogP contribution >= 0.6 is 11.8 Å². The molecule has 0 saturated carbocycles. The molecule has 2 nitrogen and oxygen atoms in total. The lowest BCUT2D eigenvalue weighted by molar-refractivity contribution is 0.164. The Hall–Kier alpha value is 0.01000. The highest BCUT2D eigenvalue weighted by Gasteiger charge is 2.20. The lowest BCUT2D eigenvalue weighted by atomic mass is 10.5. The Balaban J connectivity index is 0.000000162. The summed E-state index contributed by atoms with van der Waals surface area (Å²) < 4.78 is 4.55. The molecule has 0 aromatic heterocycles. The van der Waals surface area contributed by atoms with Gasteiger partial charge in [-0.2, -0.15) is 0 Å². The van der Waals surface area contributed by atoms with Gasteiger partial charge in [-0.05, 0) is 11.2 Å². The Kier molecular flexibility index (Phi) is 7.13. The van der Waals surface area contributed by atoms with E-state index in [4.69, 9.17) is 0 Å². The van der Waals surface area contributed by atoms with Gasteiger partial charge in [0.1, 0.15) is 12.7 Å². The summed E-state index contributed by atoms with van der Waals surface area (Å²) in [6, 6.07) is 0. The van der Waals surface area contributed by atoms with Crippen LogP contribution in [-0.4, -0.2) is 25.1 Å². The molecule has 1 fully saturated rings. The van der Waals surface area contributed by atoms with Crippen molar-refractivity contribution in [1.82, 2.24) is 0 Å². The van der Waals surface area contributed by atoms with E-state index >= 15 is 0 Å². The summed E-state index contributed by atoms with van der Waals surface area (Å²) in [6.45, 7) is 6.26. The van der Waals surface area contributed by atoms with Crippen molar-refractivity contribution in [3.8, 4) is 0 Å². The highest BCUT2D eigenvalue weighted by atomic mass is 32.2. The van der Waals surface area contributed by atoms with E-state index in [0.717, 1.165) is 5.75 Å². The molecule has 0 aliphatic carbocycles. The average Bonchev–Trinajstić information content (AvgIpc) is 2.72. The summed E-state index contributed by atoms with van der Waals surface area (Å²) >= 11 is 1.73. The van der Waals surface area contributed by atoms with E-state index in [1.807, 2.05) is 5.41 Å². The zero-order valence-corrected chi connectivity index (χ0v) is 7.02. The van der Waals surface area contributed by atoms with Crippen LogP contribution in [0, 0.1) is 0 Å². The van der Waals surface area contributed by atoms with Gasteiger partial charge in [-0.25, -0.2) is 5.11 Å². The molecule has 0 aromatic carbocycles. The summed E-state index contributed by atoms with van der Waals surface area (Å²) in [5, 5.41) is 11.4. The number of rotatable bonds is 3. The molecule has 1 aliphatic rings. The maximum atomic E-state index is 9.57. The third-order valence-corrected chi connectivity index (χ3v) is 1.44. The van der Waals surface area contributed by atoms with Crippen LogP contribution in [0.4, 0.5) is 0 Å². The maximum absolute atomic E-state index is 9.57. The number of ether oxygens (including phenoxy) is 1. The molecule has 1 saturated heterocycles. The van der Waals surface area contributed by atoms with Gasteiger partial charge in [0.2, 0.25) is 0 Å². The molecule has 1 heterocycles. The molecule has 0 amide bonds. The van der Waals surface area contributed by atoms with Crippen molar-refractivity contribution in [3.63, 3.8) is 0 Å². The van der Waals surface area contributed by atoms with E-state index in [1.54, 1.807) is 11.8 Å². The molecule has 0 spiro atoms. The first-order chi connectivity index (χ1) is 4.85. The molecule has 59 valence electrons. The van der Waals surface area contributed by atoms with Crippen molar-refractivity contribution in [2.75, 3.05) is 19.0 Å². The minimum Gasteiger partial charge on any atom is -0.370 e. The number of hydrogen-bond donors (Lipinski definition) is 0. The van der Waals surface area contributed by atoms with Gasteiger partial charge in [-0.3, -0.25) is 0 Å². The summed E-state index contributed by atoms with van der Waals surface area (Å²) in [5.41, 5.74) is 0. The molecule has 1 unspecified atom stereocenters. The molecule has 0 aromatic rings. The van der Waals surface area contributed by atoms with Gasteiger partial charge in [0.05, 0.1) is 6.61 Å². The lowest BCUT2D eigenvalue weighted by Crippen LogP contribution is -1.86. The Morgan fingerprint density at radius 2 is 2.50 bits per heavy atom. The van der Waals surface area contributed by atoms with Crippen LogP contribution in [0.3, 0.4) is 0 Å². The zero-order valence-electron chi connectivity index (χ0n) is 6.21. The van der Waals surface area contributed by atoms with Crippen LogP contribution in [0.25, 0.3) is 0 Å². The number of thioether (sulfide) groups is 1. The molecule has 0 bridgehead atoms. The van der Waals surface area contributed by atoms with Crippen molar-refractivity contribution >= 4 is 11.8 Å². The fourth-order valence-electron chi connectivity index (χ4n) is 0.282. The van der Waals surface area contributed by atoms with Crippen LogP contribution in [0.15, 0.2) is 12.0 Å². The Labute approximate surface area is 66.3 Å². The second-order valence-corrected chi connectivity index (χ2v) is 2.99. The van der Waals surface area contributed by atoms with Crippen LogP contribution in [0.5, 0.6) is 0 Å². The first-order valence-corrected chi connectivity index (χ1v) is 4.32. The highest BCUT2D eigenvalue weighted by molar-refractivity contribution is 8.02. The normalized spacial score (nSPS) is 20.8. The molecule has 0 N–H and O–H groups in total. The zero-order chi connectivity index (χ0) is 7.82. The van der Waals surface area contributed by atoms with Crippen molar-refractivity contribution in [3.05, 3.63) is 12.0 Å². The van der Waals surface area contributed by atoms with E-state index < -0.39 is 0 Å². The van der Waals surface area contributed by atoms with E-state index in [2.05, 4.69) is 18.2 Å². The maximum Gasteiger partial charge on any atom is 0.111 e. The number of epoxide rings is 1. The van der Waals surface area contributed by atoms with E-state index in [-0.39, 0.29) is 12.7 Å². The highest BCUT2D eigenvalue weighted by Crippen LogP contribution is 2.05. The fourth-order valence-corrected chi connectivity index (χ4v) is 0.518. The predicted molar refractivity (Wildman–Crippen MR) is 43.6 cm³/mol. The van der Waals surface area contributed by atoms with E-state index in [0.29, 0.717) is 6.61 Å². The molecule has 3 heteroatoms. The van der Waals surface area contributed by atoms with Gasteiger partial charge >= 0.3 is 0 Å². The van der Waals surface area contributed by atoms with Crippen molar-refractivity contribution in [1.29, 1.82) is 0 Å². The quantitative estimate of drug-likeness (QED) is 0.590. The minimum absolute atomic E-state index is 0.0556. The summed E-state index contributed by atoms with van der Waals surface area (Å²) in [6.07, 6.45) is 0.0787. The standard InChI is InChI=1S/C4H8S.C3H5O2/c1-3-5-4-2;4-1-3-2-5-3/h3H,1,4H2,2H3;3H,1-2H2. The van der Waals surface area contributed by atoms with E-state index in [1.165, 1.54) is 0 Å². The van der Waals surface area contributed by atoms with Crippen molar-refractivity contribution < 1.29 is 9.84 Å². The molecule has 1 rings (SSSR count). The van der Waals surface area contributed by atoms with Gasteiger partial charge < -0.3 is 4.74 Å². The average molecular weight is 161 g/mol. The largest absolute Gasteiger partial charge is 0.370 e. The Morgan fingerprint density at radius 1 is 1.90 bits per heavy atom. The monoisotopic (exact) mass is 161 g/mol. The SMILES string of the molecule is C=CSCC.[O]CC1CO1. The smallest absolute Gasteiger partial charge is 0.111 e. The van der Waals surface area contributed by atoms with Crippen LogP contribution in [0.1, 0.15) is 6.92 Å². The van der Waals surface area contributed by atoms with Crippen molar-refractivity contribution in [2.45, 2.75) is 13.0 Å². The van der Waals surface area contributed by atoms with Crippen molar-refractivity contribution in [2.24, 2.45) is 0 Å².